The molecule has 0 saturated carbocycles. The minimum atomic E-state index is 0.0191. The van der Waals surface area contributed by atoms with Gasteiger partial charge in [-0.3, -0.25) is 4.79 Å². The Morgan fingerprint density at radius 3 is 3.27 bits per heavy atom. The zero-order valence-corrected chi connectivity index (χ0v) is 8.29. The maximum atomic E-state index is 11.3. The van der Waals surface area contributed by atoms with Crippen LogP contribution in [0.4, 0.5) is 0 Å². The Balaban J connectivity index is 3.05. The minimum absolute atomic E-state index is 0.0191. The van der Waals surface area contributed by atoms with Crippen LogP contribution in [-0.2, 0) is 0 Å². The summed E-state index contributed by atoms with van der Waals surface area (Å²) < 4.78 is 2.18. The van der Waals surface area contributed by atoms with Gasteiger partial charge in [-0.15, -0.1) is 11.3 Å². The van der Waals surface area contributed by atoms with E-state index in [1.807, 2.05) is 34.3 Å². The first-order valence-corrected chi connectivity index (χ1v) is 4.74. The van der Waals surface area contributed by atoms with Crippen molar-refractivity contribution in [2.24, 2.45) is 0 Å². The summed E-state index contributed by atoms with van der Waals surface area (Å²) >= 11 is 3.35. The van der Waals surface area contributed by atoms with Gasteiger partial charge in [-0.25, -0.2) is 7.76 Å². The van der Waals surface area contributed by atoms with Gasteiger partial charge < -0.3 is 0 Å². The smallest absolute Gasteiger partial charge is 0.267 e. The molecule has 0 aliphatic carbocycles. The summed E-state index contributed by atoms with van der Waals surface area (Å²) in [6.45, 7) is 0. The molecule has 3 nitrogen and oxygen atoms in total. The summed E-state index contributed by atoms with van der Waals surface area (Å²) in [5, 5.41) is 1.87. The number of halogens is 1. The van der Waals surface area contributed by atoms with E-state index in [9.17, 15) is 4.79 Å². The van der Waals surface area contributed by atoms with Crippen molar-refractivity contribution < 1.29 is 0 Å². The second kappa shape index (κ2) is 2.56. The lowest BCUT2D eigenvalue weighted by molar-refractivity contribution is 1.15. The van der Waals surface area contributed by atoms with Crippen molar-refractivity contribution in [3.8, 4) is 0 Å². The molecule has 56 valence electrons. The van der Waals surface area contributed by atoms with Gasteiger partial charge in [0.25, 0.3) is 5.56 Å². The third kappa shape index (κ3) is 1.08. The first-order valence-electron chi connectivity index (χ1n) is 2.90. The third-order valence-electron chi connectivity index (χ3n) is 1.33. The fraction of sp³-hybridized carbons (Fsp3) is 0. The van der Waals surface area contributed by atoms with Gasteiger partial charge in [0.2, 0.25) is 0 Å². The average molecular weight is 278 g/mol. The molecule has 0 aliphatic heterocycles. The van der Waals surface area contributed by atoms with Gasteiger partial charge in [0, 0.05) is 0 Å². The Hall–Kier alpha value is -0.430. The van der Waals surface area contributed by atoms with E-state index in [1.54, 1.807) is 0 Å². The molecular formula is C6H3IN2OS. The van der Waals surface area contributed by atoms with Crippen molar-refractivity contribution in [2.75, 3.05) is 0 Å². The van der Waals surface area contributed by atoms with Crippen LogP contribution in [0.25, 0.3) is 10.2 Å². The van der Waals surface area contributed by atoms with Crippen LogP contribution in [0.15, 0.2) is 22.6 Å². The first kappa shape index (κ1) is 7.23. The van der Waals surface area contributed by atoms with Gasteiger partial charge in [-0.1, -0.05) is 0 Å². The van der Waals surface area contributed by atoms with Crippen LogP contribution in [0.5, 0.6) is 0 Å². The highest BCUT2D eigenvalue weighted by Gasteiger charge is 2.01. The summed E-state index contributed by atoms with van der Waals surface area (Å²) in [5.74, 6) is 0. The van der Waals surface area contributed by atoms with Crippen LogP contribution in [0, 0.1) is 0 Å². The molecule has 2 heterocycles. The predicted octanol–water partition coefficient (Wildman–Crippen LogP) is 1.66. The minimum Gasteiger partial charge on any atom is -0.267 e. The molecule has 11 heavy (non-hydrogen) atoms. The van der Waals surface area contributed by atoms with Crippen LogP contribution < -0.4 is 5.56 Å². The highest BCUT2D eigenvalue weighted by Crippen LogP contribution is 2.13. The van der Waals surface area contributed by atoms with Crippen LogP contribution in [0.3, 0.4) is 0 Å². The lowest BCUT2D eigenvalue weighted by atomic mass is 10.5. The molecule has 0 N–H and O–H groups in total. The molecule has 2 aromatic heterocycles. The molecule has 0 fully saturated rings. The second-order valence-electron chi connectivity index (χ2n) is 2.00. The Bertz CT molecular complexity index is 447. The summed E-state index contributed by atoms with van der Waals surface area (Å²) in [6.07, 6.45) is 1.53. The summed E-state index contributed by atoms with van der Waals surface area (Å²) in [7, 11) is 0. The Morgan fingerprint density at radius 2 is 2.45 bits per heavy atom. The van der Waals surface area contributed by atoms with Crippen LogP contribution >= 0.6 is 34.2 Å². The number of rotatable bonds is 0. The second-order valence-corrected chi connectivity index (χ2v) is 3.95. The first-order chi connectivity index (χ1) is 5.29. The molecule has 2 aromatic rings. The molecule has 0 unspecified atom stereocenters. The monoisotopic (exact) mass is 278 g/mol. The van der Waals surface area contributed by atoms with Gasteiger partial charge in [0.05, 0.1) is 28.4 Å². The summed E-state index contributed by atoms with van der Waals surface area (Å²) in [4.78, 5) is 15.4. The third-order valence-corrected chi connectivity index (χ3v) is 2.91. The van der Waals surface area contributed by atoms with Crippen molar-refractivity contribution in [1.82, 2.24) is 7.76 Å². The highest BCUT2D eigenvalue weighted by atomic mass is 127. The van der Waals surface area contributed by atoms with E-state index < -0.39 is 0 Å². The van der Waals surface area contributed by atoms with Crippen molar-refractivity contribution in [3.63, 3.8) is 0 Å². The van der Waals surface area contributed by atoms with Gasteiger partial charge >= 0.3 is 0 Å². The van der Waals surface area contributed by atoms with Gasteiger partial charge in [-0.05, 0) is 11.4 Å². The maximum Gasteiger partial charge on any atom is 0.280 e. The number of aromatic nitrogens is 2. The van der Waals surface area contributed by atoms with E-state index in [1.165, 1.54) is 20.4 Å². The van der Waals surface area contributed by atoms with Crippen molar-refractivity contribution in [1.29, 1.82) is 0 Å². The quantitative estimate of drug-likeness (QED) is 0.687. The predicted molar refractivity (Wildman–Crippen MR) is 53.3 cm³/mol. The van der Waals surface area contributed by atoms with Crippen molar-refractivity contribution in [3.05, 3.63) is 28.1 Å². The highest BCUT2D eigenvalue weighted by molar-refractivity contribution is 14.1. The SMILES string of the molecule is O=c1c2sccc2ncn1I. The Labute approximate surface area is 80.2 Å². The lowest BCUT2D eigenvalue weighted by Gasteiger charge is -1.90. The van der Waals surface area contributed by atoms with Gasteiger partial charge in [-0.2, -0.15) is 0 Å². The maximum absolute atomic E-state index is 11.3. The molecule has 0 spiro atoms. The zero-order chi connectivity index (χ0) is 7.84. The van der Waals surface area contributed by atoms with Gasteiger partial charge in [0.1, 0.15) is 11.0 Å². The van der Waals surface area contributed by atoms with Crippen LogP contribution in [-0.4, -0.2) is 7.76 Å². The normalized spacial score (nSPS) is 10.6. The molecule has 0 radical (unpaired) electrons. The Kier molecular flexibility index (Phi) is 1.68. The van der Waals surface area contributed by atoms with E-state index >= 15 is 0 Å². The number of hydrogen-bond acceptors (Lipinski definition) is 3. The molecule has 0 saturated heterocycles. The number of nitrogens with zero attached hydrogens (tertiary/aromatic N) is 2. The van der Waals surface area contributed by atoms with E-state index in [0.717, 1.165) is 10.2 Å². The fourth-order valence-electron chi connectivity index (χ4n) is 0.827. The van der Waals surface area contributed by atoms with Gasteiger partial charge in [0.15, 0.2) is 0 Å². The molecule has 5 heteroatoms. The number of fused-ring (bicyclic) bond motifs is 1. The largest absolute Gasteiger partial charge is 0.280 e. The van der Waals surface area contributed by atoms with Crippen molar-refractivity contribution in [2.45, 2.75) is 0 Å². The van der Waals surface area contributed by atoms with Crippen LogP contribution in [0.2, 0.25) is 0 Å². The van der Waals surface area contributed by atoms with Crippen molar-refractivity contribution >= 4 is 44.4 Å². The Morgan fingerprint density at radius 1 is 1.64 bits per heavy atom. The average Bonchev–Trinajstić information content (AvgIpc) is 2.45. The molecule has 0 aliphatic rings. The van der Waals surface area contributed by atoms with E-state index in [2.05, 4.69) is 4.98 Å². The number of hydrogen-bond donors (Lipinski definition) is 0. The summed E-state index contributed by atoms with van der Waals surface area (Å²) in [5.41, 5.74) is 0.804. The zero-order valence-electron chi connectivity index (χ0n) is 5.32. The van der Waals surface area contributed by atoms with E-state index in [-0.39, 0.29) is 5.56 Å². The molecular weight excluding hydrogens is 275 g/mol. The van der Waals surface area contributed by atoms with E-state index in [0.29, 0.717) is 0 Å². The standard InChI is InChI=1S/C6H3IN2OS/c7-9-3-8-4-1-2-11-5(4)6(9)10/h1-3H. The summed E-state index contributed by atoms with van der Waals surface area (Å²) in [6, 6.07) is 1.85. The molecule has 2 rings (SSSR count). The molecule has 0 aromatic carbocycles. The lowest BCUT2D eigenvalue weighted by Crippen LogP contribution is -2.10. The van der Waals surface area contributed by atoms with Crippen LogP contribution in [0.1, 0.15) is 0 Å². The molecule has 0 amide bonds. The topological polar surface area (TPSA) is 34.9 Å². The van der Waals surface area contributed by atoms with E-state index in [4.69, 9.17) is 0 Å². The molecule has 0 atom stereocenters. The number of thiophene rings is 1. The fourth-order valence-corrected chi connectivity index (χ4v) is 2.13. The molecule has 0 bridgehead atoms.